The van der Waals surface area contributed by atoms with Crippen molar-refractivity contribution >= 4 is 22.9 Å². The van der Waals surface area contributed by atoms with Crippen molar-refractivity contribution in [2.24, 2.45) is 11.7 Å². The first-order valence-corrected chi connectivity index (χ1v) is 11.6. The van der Waals surface area contributed by atoms with E-state index < -0.39 is 5.41 Å². The van der Waals surface area contributed by atoms with Crippen LogP contribution in [0.25, 0.3) is 0 Å². The zero-order chi connectivity index (χ0) is 22.0. The Morgan fingerprint density at radius 3 is 2.30 bits per heavy atom. The minimum absolute atomic E-state index is 0. The smallest absolute Gasteiger partial charge is 0.232 e. The lowest BCUT2D eigenvalue weighted by molar-refractivity contribution is -0.123. The summed E-state index contributed by atoms with van der Waals surface area (Å²) in [5.41, 5.74) is 9.98. The number of nitrogens with zero attached hydrogens (tertiary/aromatic N) is 1. The molecule has 2 aliphatic rings. The normalized spacial score (nSPS) is 17.8. The van der Waals surface area contributed by atoms with Crippen LogP contribution in [0.15, 0.2) is 78.9 Å². The number of nitrogens with two attached hydrogens (primary N) is 1. The Bertz CT molecular complexity index is 1050. The molecule has 1 atom stereocenters. The fourth-order valence-electron chi connectivity index (χ4n) is 5.57. The van der Waals surface area contributed by atoms with Crippen LogP contribution in [0.1, 0.15) is 28.7 Å². The highest BCUT2D eigenvalue weighted by molar-refractivity contribution is 8.93. The number of halogens is 1. The minimum Gasteiger partial charge on any atom is -0.493 e. The van der Waals surface area contributed by atoms with E-state index in [1.807, 2.05) is 60.7 Å². The summed E-state index contributed by atoms with van der Waals surface area (Å²) in [7, 11) is 0. The summed E-state index contributed by atoms with van der Waals surface area (Å²) in [5.74, 6) is 0.911. The first kappa shape index (κ1) is 23.5. The second-order valence-corrected chi connectivity index (χ2v) is 8.98. The molecular formula is C28H31BrN2O2. The highest BCUT2D eigenvalue weighted by Gasteiger charge is 2.49. The summed E-state index contributed by atoms with van der Waals surface area (Å²) in [5, 5.41) is 0. The third-order valence-electron chi connectivity index (χ3n) is 7.21. The van der Waals surface area contributed by atoms with Gasteiger partial charge in [-0.1, -0.05) is 72.8 Å². The van der Waals surface area contributed by atoms with Gasteiger partial charge in [-0.25, -0.2) is 0 Å². The van der Waals surface area contributed by atoms with E-state index >= 15 is 0 Å². The van der Waals surface area contributed by atoms with E-state index in [1.165, 1.54) is 11.1 Å². The Hall–Kier alpha value is -2.63. The van der Waals surface area contributed by atoms with Crippen LogP contribution in [0.5, 0.6) is 5.75 Å². The molecule has 1 amide bonds. The summed E-state index contributed by atoms with van der Waals surface area (Å²) >= 11 is 0. The molecule has 0 aromatic heterocycles. The molecule has 33 heavy (non-hydrogen) atoms. The van der Waals surface area contributed by atoms with Gasteiger partial charge in [-0.3, -0.25) is 4.79 Å². The maximum atomic E-state index is 13.2. The van der Waals surface area contributed by atoms with Gasteiger partial charge in [-0.15, -0.1) is 17.0 Å². The number of hydrogen-bond donors (Lipinski definition) is 1. The highest BCUT2D eigenvalue weighted by atomic mass is 79.9. The number of carbonyl (C=O) groups is 1. The number of primary amides is 1. The number of ether oxygens (including phenoxy) is 1. The lowest BCUT2D eigenvalue weighted by Crippen LogP contribution is -2.49. The van der Waals surface area contributed by atoms with E-state index in [0.717, 1.165) is 62.4 Å². The molecule has 172 valence electrons. The van der Waals surface area contributed by atoms with E-state index in [1.54, 1.807) is 0 Å². The van der Waals surface area contributed by atoms with Gasteiger partial charge in [0.15, 0.2) is 0 Å². The maximum absolute atomic E-state index is 13.2. The molecule has 1 saturated heterocycles. The number of amides is 1. The van der Waals surface area contributed by atoms with Crippen molar-refractivity contribution < 1.29 is 9.53 Å². The van der Waals surface area contributed by atoms with Gasteiger partial charge in [0.25, 0.3) is 0 Å². The number of benzene rings is 3. The summed E-state index contributed by atoms with van der Waals surface area (Å²) in [6.07, 6.45) is 2.93. The van der Waals surface area contributed by atoms with Crippen molar-refractivity contribution in [1.82, 2.24) is 4.90 Å². The lowest BCUT2D eigenvalue weighted by atomic mass is 9.64. The standard InChI is InChI=1S/C28H30N2O2.BrH/c29-27(31)28(23-7-3-1-4-8-23,24-9-5-2-6-10-24)25-14-17-30(20-25)16-13-21-11-12-22-15-18-32-26(22)19-21;/h1-12,19,25H,13-18,20H2,(H2,29,31);1H. The largest absolute Gasteiger partial charge is 0.493 e. The highest BCUT2D eigenvalue weighted by Crippen LogP contribution is 2.43. The van der Waals surface area contributed by atoms with Gasteiger partial charge < -0.3 is 15.4 Å². The lowest BCUT2D eigenvalue weighted by Gasteiger charge is -2.37. The average Bonchev–Trinajstić information content (AvgIpc) is 3.49. The summed E-state index contributed by atoms with van der Waals surface area (Å²) in [6, 6.07) is 26.8. The molecule has 1 fully saturated rings. The average molecular weight is 507 g/mol. The van der Waals surface area contributed by atoms with Crippen molar-refractivity contribution in [2.45, 2.75) is 24.7 Å². The number of likely N-dealkylation sites (tertiary alicyclic amines) is 1. The van der Waals surface area contributed by atoms with Crippen LogP contribution in [0.4, 0.5) is 0 Å². The molecule has 4 nitrogen and oxygen atoms in total. The quantitative estimate of drug-likeness (QED) is 0.511. The van der Waals surface area contributed by atoms with Crippen molar-refractivity contribution in [3.8, 4) is 5.75 Å². The van der Waals surface area contributed by atoms with Crippen molar-refractivity contribution in [2.75, 3.05) is 26.2 Å². The van der Waals surface area contributed by atoms with Crippen LogP contribution < -0.4 is 10.5 Å². The molecule has 2 aliphatic heterocycles. The minimum atomic E-state index is -0.821. The van der Waals surface area contributed by atoms with E-state index in [2.05, 4.69) is 23.1 Å². The molecule has 3 aromatic carbocycles. The Labute approximate surface area is 206 Å². The van der Waals surface area contributed by atoms with Crippen LogP contribution in [-0.4, -0.2) is 37.0 Å². The topological polar surface area (TPSA) is 55.6 Å². The maximum Gasteiger partial charge on any atom is 0.232 e. The molecule has 0 bridgehead atoms. The fourth-order valence-corrected chi connectivity index (χ4v) is 5.57. The molecular weight excluding hydrogens is 476 g/mol. The second-order valence-electron chi connectivity index (χ2n) is 8.98. The van der Waals surface area contributed by atoms with E-state index in [0.29, 0.717) is 0 Å². The van der Waals surface area contributed by atoms with Crippen LogP contribution in [0.3, 0.4) is 0 Å². The number of carbonyl (C=O) groups excluding carboxylic acids is 1. The van der Waals surface area contributed by atoms with Gasteiger partial charge in [0.05, 0.1) is 6.61 Å². The van der Waals surface area contributed by atoms with E-state index in [-0.39, 0.29) is 28.8 Å². The van der Waals surface area contributed by atoms with Crippen LogP contribution >= 0.6 is 17.0 Å². The van der Waals surface area contributed by atoms with E-state index in [4.69, 9.17) is 10.5 Å². The monoisotopic (exact) mass is 506 g/mol. The Balaban J connectivity index is 0.00000259. The Kier molecular flexibility index (Phi) is 7.20. The Morgan fingerprint density at radius 1 is 1.00 bits per heavy atom. The molecule has 1 unspecified atom stereocenters. The second kappa shape index (κ2) is 10.1. The first-order valence-electron chi connectivity index (χ1n) is 11.6. The third kappa shape index (κ3) is 4.44. The molecule has 0 radical (unpaired) electrons. The molecule has 2 heterocycles. The molecule has 3 aromatic rings. The zero-order valence-electron chi connectivity index (χ0n) is 18.8. The van der Waals surface area contributed by atoms with Gasteiger partial charge in [0, 0.05) is 19.5 Å². The predicted octanol–water partition coefficient (Wildman–Crippen LogP) is 4.54. The summed E-state index contributed by atoms with van der Waals surface area (Å²) in [6.45, 7) is 3.59. The van der Waals surface area contributed by atoms with E-state index in [9.17, 15) is 4.79 Å². The first-order chi connectivity index (χ1) is 15.7. The summed E-state index contributed by atoms with van der Waals surface area (Å²) < 4.78 is 5.73. The number of rotatable bonds is 7. The zero-order valence-corrected chi connectivity index (χ0v) is 20.5. The molecule has 5 heteroatoms. The van der Waals surface area contributed by atoms with Crippen molar-refractivity contribution in [1.29, 1.82) is 0 Å². The van der Waals surface area contributed by atoms with Gasteiger partial charge >= 0.3 is 0 Å². The molecule has 0 aliphatic carbocycles. The summed E-state index contributed by atoms with van der Waals surface area (Å²) in [4.78, 5) is 15.7. The van der Waals surface area contributed by atoms with Crippen LogP contribution in [0, 0.1) is 5.92 Å². The molecule has 0 spiro atoms. The van der Waals surface area contributed by atoms with Gasteiger partial charge in [0.1, 0.15) is 11.2 Å². The Morgan fingerprint density at radius 2 is 1.67 bits per heavy atom. The van der Waals surface area contributed by atoms with Gasteiger partial charge in [-0.05, 0) is 53.6 Å². The third-order valence-corrected chi connectivity index (χ3v) is 7.21. The number of fused-ring (bicyclic) bond motifs is 1. The molecule has 0 saturated carbocycles. The number of hydrogen-bond acceptors (Lipinski definition) is 3. The van der Waals surface area contributed by atoms with Crippen molar-refractivity contribution in [3.05, 3.63) is 101 Å². The van der Waals surface area contributed by atoms with Gasteiger partial charge in [-0.2, -0.15) is 0 Å². The van der Waals surface area contributed by atoms with Gasteiger partial charge in [0.2, 0.25) is 5.91 Å². The SMILES string of the molecule is Br.NC(=O)C(c1ccccc1)(c1ccccc1)C1CCN(CCc2ccc3c(c2)OCC3)C1. The predicted molar refractivity (Wildman–Crippen MR) is 137 cm³/mol. The van der Waals surface area contributed by atoms with Crippen molar-refractivity contribution in [3.63, 3.8) is 0 Å². The molecule has 5 rings (SSSR count). The molecule has 2 N–H and O–H groups in total. The van der Waals surface area contributed by atoms with Crippen LogP contribution in [0.2, 0.25) is 0 Å². The van der Waals surface area contributed by atoms with Crippen LogP contribution in [-0.2, 0) is 23.1 Å². The fraction of sp³-hybridized carbons (Fsp3) is 0.321.